The number of amides is 1. The zero-order valence-corrected chi connectivity index (χ0v) is 11.5. The number of hydrogen-bond donors (Lipinski definition) is 1. The number of nitrogens with zero attached hydrogens (tertiary/aromatic N) is 1. The van der Waals surface area contributed by atoms with E-state index in [9.17, 15) is 9.59 Å². The second-order valence-electron chi connectivity index (χ2n) is 5.23. The summed E-state index contributed by atoms with van der Waals surface area (Å²) in [7, 11) is 0. The highest BCUT2D eigenvalue weighted by atomic mass is 16.6. The van der Waals surface area contributed by atoms with E-state index in [4.69, 9.17) is 10.5 Å². The average Bonchev–Trinajstić information content (AvgIpc) is 2.34. The topological polar surface area (TPSA) is 72.6 Å². The van der Waals surface area contributed by atoms with E-state index in [2.05, 4.69) is 0 Å². The minimum absolute atomic E-state index is 0.0857. The molecule has 0 aliphatic carbocycles. The molecule has 5 nitrogen and oxygen atoms in total. The summed E-state index contributed by atoms with van der Waals surface area (Å²) in [6, 6.07) is 8.15. The summed E-state index contributed by atoms with van der Waals surface area (Å²) in [5.74, 6) is -0.518. The summed E-state index contributed by atoms with van der Waals surface area (Å²) < 4.78 is 5.17. The molecule has 104 valence electrons. The number of hydrogen-bond acceptors (Lipinski definition) is 4. The molecule has 1 amide bonds. The molecule has 0 saturated heterocycles. The van der Waals surface area contributed by atoms with Gasteiger partial charge in [-0.3, -0.25) is 9.59 Å². The first-order chi connectivity index (χ1) is 8.83. The van der Waals surface area contributed by atoms with Crippen LogP contribution in [0.4, 0.5) is 5.69 Å². The Bertz CT molecular complexity index is 426. The van der Waals surface area contributed by atoms with Gasteiger partial charge in [-0.2, -0.15) is 0 Å². The third-order valence-corrected chi connectivity index (χ3v) is 2.32. The van der Waals surface area contributed by atoms with Crippen LogP contribution in [0.25, 0.3) is 0 Å². The van der Waals surface area contributed by atoms with E-state index in [1.807, 2.05) is 18.2 Å². The van der Waals surface area contributed by atoms with Gasteiger partial charge in [-0.1, -0.05) is 18.2 Å². The van der Waals surface area contributed by atoms with Crippen molar-refractivity contribution < 1.29 is 14.3 Å². The van der Waals surface area contributed by atoms with Crippen molar-refractivity contribution in [1.82, 2.24) is 0 Å². The molecule has 0 aliphatic rings. The van der Waals surface area contributed by atoms with Crippen molar-refractivity contribution in [3.05, 3.63) is 30.3 Å². The number of ether oxygens (including phenoxy) is 1. The Balaban J connectivity index is 2.66. The maximum Gasteiger partial charge on any atom is 0.325 e. The molecule has 2 N–H and O–H groups in total. The smallest absolute Gasteiger partial charge is 0.325 e. The Kier molecular flexibility index (Phi) is 5.06. The molecule has 1 aromatic carbocycles. The normalized spacial score (nSPS) is 12.6. The molecular formula is C14H20N2O3. The lowest BCUT2D eigenvalue weighted by Crippen LogP contribution is -2.45. The van der Waals surface area contributed by atoms with Gasteiger partial charge in [0.2, 0.25) is 6.41 Å². The molecule has 1 aromatic rings. The van der Waals surface area contributed by atoms with Gasteiger partial charge in [-0.05, 0) is 32.9 Å². The lowest BCUT2D eigenvalue weighted by molar-refractivity contribution is -0.156. The summed E-state index contributed by atoms with van der Waals surface area (Å²) in [5, 5.41) is 0. The van der Waals surface area contributed by atoms with Gasteiger partial charge in [0.15, 0.2) is 0 Å². The summed E-state index contributed by atoms with van der Waals surface area (Å²) in [5.41, 5.74) is 5.86. The van der Waals surface area contributed by atoms with Crippen molar-refractivity contribution >= 4 is 18.1 Å². The van der Waals surface area contributed by atoms with Crippen LogP contribution in [0.1, 0.15) is 20.8 Å². The SMILES string of the molecule is CC(C)(C)OC(=O)C(N)CN(C=O)c1ccccc1. The number of para-hydroxylation sites is 1. The largest absolute Gasteiger partial charge is 0.459 e. The molecule has 0 aliphatic heterocycles. The fourth-order valence-corrected chi connectivity index (χ4v) is 1.49. The Morgan fingerprint density at radius 2 is 1.95 bits per heavy atom. The molecule has 1 unspecified atom stereocenters. The maximum absolute atomic E-state index is 11.8. The summed E-state index contributed by atoms with van der Waals surface area (Å²) in [4.78, 5) is 24.2. The van der Waals surface area contributed by atoms with Crippen LogP contribution >= 0.6 is 0 Å². The molecular weight excluding hydrogens is 244 g/mol. The Morgan fingerprint density at radius 1 is 1.37 bits per heavy atom. The molecule has 0 aromatic heterocycles. The van der Waals surface area contributed by atoms with Crippen LogP contribution in [0.15, 0.2) is 30.3 Å². The molecule has 5 heteroatoms. The summed E-state index contributed by atoms with van der Waals surface area (Å²) in [6.07, 6.45) is 0.652. The molecule has 0 fully saturated rings. The fourth-order valence-electron chi connectivity index (χ4n) is 1.49. The number of carbonyl (C=O) groups excluding carboxylic acids is 2. The number of carbonyl (C=O) groups is 2. The van der Waals surface area contributed by atoms with E-state index in [1.165, 1.54) is 4.90 Å². The number of anilines is 1. The minimum Gasteiger partial charge on any atom is -0.459 e. The zero-order chi connectivity index (χ0) is 14.5. The molecule has 0 heterocycles. The molecule has 0 spiro atoms. The monoisotopic (exact) mass is 264 g/mol. The molecule has 0 bridgehead atoms. The van der Waals surface area contributed by atoms with Crippen LogP contribution in [-0.2, 0) is 14.3 Å². The van der Waals surface area contributed by atoms with Gasteiger partial charge in [-0.25, -0.2) is 0 Å². The van der Waals surface area contributed by atoms with Crippen molar-refractivity contribution in [3.8, 4) is 0 Å². The predicted molar refractivity (Wildman–Crippen MR) is 73.7 cm³/mol. The average molecular weight is 264 g/mol. The number of benzene rings is 1. The van der Waals surface area contributed by atoms with Crippen molar-refractivity contribution in [3.63, 3.8) is 0 Å². The minimum atomic E-state index is -0.871. The number of esters is 1. The lowest BCUT2D eigenvalue weighted by atomic mass is 10.2. The second-order valence-corrected chi connectivity index (χ2v) is 5.23. The Labute approximate surface area is 113 Å². The van der Waals surface area contributed by atoms with E-state index >= 15 is 0 Å². The van der Waals surface area contributed by atoms with Crippen molar-refractivity contribution in [1.29, 1.82) is 0 Å². The fraction of sp³-hybridized carbons (Fsp3) is 0.429. The van der Waals surface area contributed by atoms with Gasteiger partial charge < -0.3 is 15.4 Å². The highest BCUT2D eigenvalue weighted by Crippen LogP contribution is 2.13. The van der Waals surface area contributed by atoms with Crippen LogP contribution in [0.3, 0.4) is 0 Å². The third kappa shape index (κ3) is 5.09. The van der Waals surface area contributed by atoms with Crippen LogP contribution < -0.4 is 10.6 Å². The first kappa shape index (κ1) is 15.2. The van der Waals surface area contributed by atoms with E-state index < -0.39 is 17.6 Å². The third-order valence-electron chi connectivity index (χ3n) is 2.32. The predicted octanol–water partition coefficient (Wildman–Crippen LogP) is 1.32. The first-order valence-electron chi connectivity index (χ1n) is 6.09. The van der Waals surface area contributed by atoms with E-state index in [0.717, 1.165) is 0 Å². The van der Waals surface area contributed by atoms with Crippen LogP contribution in [0.2, 0.25) is 0 Å². The van der Waals surface area contributed by atoms with E-state index in [0.29, 0.717) is 12.1 Å². The molecule has 0 saturated carbocycles. The van der Waals surface area contributed by atoms with Gasteiger partial charge in [0.1, 0.15) is 11.6 Å². The molecule has 19 heavy (non-hydrogen) atoms. The summed E-state index contributed by atoms with van der Waals surface area (Å²) in [6.45, 7) is 5.40. The van der Waals surface area contributed by atoms with Gasteiger partial charge in [0.05, 0.1) is 6.54 Å². The second kappa shape index (κ2) is 6.33. The van der Waals surface area contributed by atoms with Crippen LogP contribution in [0, 0.1) is 0 Å². The highest BCUT2D eigenvalue weighted by molar-refractivity contribution is 5.81. The lowest BCUT2D eigenvalue weighted by Gasteiger charge is -2.25. The van der Waals surface area contributed by atoms with E-state index in [1.54, 1.807) is 32.9 Å². The molecule has 1 atom stereocenters. The van der Waals surface area contributed by atoms with Gasteiger partial charge in [0, 0.05) is 5.69 Å². The number of nitrogens with two attached hydrogens (primary N) is 1. The van der Waals surface area contributed by atoms with Crippen LogP contribution in [-0.4, -0.2) is 30.6 Å². The zero-order valence-electron chi connectivity index (χ0n) is 11.5. The van der Waals surface area contributed by atoms with E-state index in [-0.39, 0.29) is 6.54 Å². The summed E-state index contributed by atoms with van der Waals surface area (Å²) >= 11 is 0. The molecule has 1 rings (SSSR count). The van der Waals surface area contributed by atoms with Crippen molar-refractivity contribution in [2.45, 2.75) is 32.4 Å². The number of rotatable bonds is 5. The highest BCUT2D eigenvalue weighted by Gasteiger charge is 2.24. The maximum atomic E-state index is 11.8. The van der Waals surface area contributed by atoms with Gasteiger partial charge in [-0.15, -0.1) is 0 Å². The quantitative estimate of drug-likeness (QED) is 0.643. The van der Waals surface area contributed by atoms with Gasteiger partial charge >= 0.3 is 5.97 Å². The van der Waals surface area contributed by atoms with Crippen molar-refractivity contribution in [2.75, 3.05) is 11.4 Å². The van der Waals surface area contributed by atoms with Gasteiger partial charge in [0.25, 0.3) is 0 Å². The molecule has 0 radical (unpaired) electrons. The Morgan fingerprint density at radius 3 is 2.42 bits per heavy atom. The van der Waals surface area contributed by atoms with Crippen LogP contribution in [0.5, 0.6) is 0 Å². The Hall–Kier alpha value is -1.88. The first-order valence-corrected chi connectivity index (χ1v) is 6.09. The standard InChI is InChI=1S/C14H20N2O3/c1-14(2,3)19-13(18)12(15)9-16(10-17)11-7-5-4-6-8-11/h4-8,10,12H,9,15H2,1-3H3. The van der Waals surface area contributed by atoms with Crippen molar-refractivity contribution in [2.24, 2.45) is 5.73 Å².